The predicted molar refractivity (Wildman–Crippen MR) is 62.1 cm³/mol. The molecule has 1 aromatic rings. The fourth-order valence-electron chi connectivity index (χ4n) is 2.28. The van der Waals surface area contributed by atoms with Gasteiger partial charge in [-0.1, -0.05) is 29.8 Å². The van der Waals surface area contributed by atoms with Crippen LogP contribution in [0.5, 0.6) is 0 Å². The van der Waals surface area contributed by atoms with Crippen LogP contribution in [-0.4, -0.2) is 5.78 Å². The molecule has 0 amide bonds. The highest BCUT2D eigenvalue weighted by Gasteiger charge is 2.25. The Bertz CT molecular complexity index is 404. The highest BCUT2D eigenvalue weighted by Crippen LogP contribution is 2.28. The molecule has 0 bridgehead atoms. The minimum atomic E-state index is 0.165. The Morgan fingerprint density at radius 3 is 3.07 bits per heavy atom. The molecule has 0 spiro atoms. The van der Waals surface area contributed by atoms with Crippen LogP contribution < -0.4 is 0 Å². The minimum Gasteiger partial charge on any atom is -0.294 e. The smallest absolute Gasteiger partial charge is 0.166 e. The van der Waals surface area contributed by atoms with E-state index in [4.69, 9.17) is 0 Å². The summed E-state index contributed by atoms with van der Waals surface area (Å²) in [5.74, 6) is 0.467. The number of fused-ring (bicyclic) bond motifs is 1. The van der Waals surface area contributed by atoms with E-state index in [1.165, 1.54) is 11.1 Å². The lowest BCUT2D eigenvalue weighted by atomic mass is 9.81. The number of carbonyl (C=O) groups is 1. The van der Waals surface area contributed by atoms with Crippen LogP contribution in [0.25, 0.3) is 0 Å². The second kappa shape index (κ2) is 4.01. The number of ketones is 1. The number of benzene rings is 1. The number of rotatable bonds is 2. The largest absolute Gasteiger partial charge is 0.294 e. The first-order valence-corrected chi connectivity index (χ1v) is 5.47. The highest BCUT2D eigenvalue weighted by molar-refractivity contribution is 6.00. The number of carbonyl (C=O) groups excluding carboxylic acids is 1. The molecule has 1 atom stereocenters. The standard InChI is InChI=1S/C14H16O/c1-3-4-11-6-7-12-9-10(2)5-8-13(12)14(11)15/h3,5,8-9,11H,1,4,6-7H2,2H3. The van der Waals surface area contributed by atoms with Gasteiger partial charge in [0.25, 0.3) is 0 Å². The fourth-order valence-corrected chi connectivity index (χ4v) is 2.28. The first kappa shape index (κ1) is 10.2. The van der Waals surface area contributed by atoms with Gasteiger partial charge in [0.2, 0.25) is 0 Å². The molecular formula is C14H16O. The number of aryl methyl sites for hydroxylation is 2. The van der Waals surface area contributed by atoms with E-state index >= 15 is 0 Å². The third-order valence-electron chi connectivity index (χ3n) is 3.11. The molecule has 0 fully saturated rings. The molecule has 0 saturated carbocycles. The predicted octanol–water partition coefficient (Wildman–Crippen LogP) is 3.32. The Balaban J connectivity index is 2.34. The third-order valence-corrected chi connectivity index (χ3v) is 3.11. The molecule has 0 aromatic heterocycles. The zero-order valence-corrected chi connectivity index (χ0v) is 9.12. The van der Waals surface area contributed by atoms with Crippen molar-refractivity contribution in [1.82, 2.24) is 0 Å². The Hall–Kier alpha value is -1.37. The van der Waals surface area contributed by atoms with Gasteiger partial charge in [-0.25, -0.2) is 0 Å². The second-order valence-electron chi connectivity index (χ2n) is 4.28. The molecule has 1 aromatic carbocycles. The summed E-state index contributed by atoms with van der Waals surface area (Å²) >= 11 is 0. The maximum Gasteiger partial charge on any atom is 0.166 e. The Labute approximate surface area is 90.8 Å². The Morgan fingerprint density at radius 1 is 1.53 bits per heavy atom. The molecule has 1 unspecified atom stereocenters. The summed E-state index contributed by atoms with van der Waals surface area (Å²) in [4.78, 5) is 12.1. The van der Waals surface area contributed by atoms with Gasteiger partial charge in [-0.15, -0.1) is 6.58 Å². The van der Waals surface area contributed by atoms with Gasteiger partial charge in [-0.3, -0.25) is 4.79 Å². The fraction of sp³-hybridized carbons (Fsp3) is 0.357. The zero-order valence-electron chi connectivity index (χ0n) is 9.12. The summed E-state index contributed by atoms with van der Waals surface area (Å²) in [6, 6.07) is 6.13. The van der Waals surface area contributed by atoms with Crippen LogP contribution in [-0.2, 0) is 6.42 Å². The molecule has 15 heavy (non-hydrogen) atoms. The molecule has 1 heteroatoms. The zero-order chi connectivity index (χ0) is 10.8. The van der Waals surface area contributed by atoms with Crippen molar-refractivity contribution in [3.8, 4) is 0 Å². The van der Waals surface area contributed by atoms with Crippen LogP contribution in [0.4, 0.5) is 0 Å². The number of allylic oxidation sites excluding steroid dienone is 1. The van der Waals surface area contributed by atoms with E-state index in [1.807, 2.05) is 18.2 Å². The van der Waals surface area contributed by atoms with Crippen LogP contribution in [0, 0.1) is 12.8 Å². The van der Waals surface area contributed by atoms with E-state index in [0.29, 0.717) is 5.78 Å². The maximum absolute atomic E-state index is 12.1. The molecule has 1 aliphatic carbocycles. The third kappa shape index (κ3) is 1.87. The van der Waals surface area contributed by atoms with Gasteiger partial charge in [-0.05, 0) is 31.7 Å². The van der Waals surface area contributed by atoms with E-state index in [9.17, 15) is 4.79 Å². The minimum absolute atomic E-state index is 0.165. The summed E-state index contributed by atoms with van der Waals surface area (Å²) in [7, 11) is 0. The monoisotopic (exact) mass is 200 g/mol. The molecule has 0 heterocycles. The summed E-state index contributed by atoms with van der Waals surface area (Å²) in [5, 5.41) is 0. The molecule has 78 valence electrons. The van der Waals surface area contributed by atoms with Crippen molar-refractivity contribution in [1.29, 1.82) is 0 Å². The van der Waals surface area contributed by atoms with E-state index in [1.54, 1.807) is 0 Å². The second-order valence-corrected chi connectivity index (χ2v) is 4.28. The number of hydrogen-bond donors (Lipinski definition) is 0. The molecule has 0 aliphatic heterocycles. The Morgan fingerprint density at radius 2 is 2.33 bits per heavy atom. The van der Waals surface area contributed by atoms with Gasteiger partial charge < -0.3 is 0 Å². The first-order chi connectivity index (χ1) is 7.22. The van der Waals surface area contributed by atoms with Gasteiger partial charge >= 0.3 is 0 Å². The van der Waals surface area contributed by atoms with Gasteiger partial charge in [-0.2, -0.15) is 0 Å². The normalized spacial score (nSPS) is 19.8. The van der Waals surface area contributed by atoms with E-state index in [0.717, 1.165) is 24.8 Å². The lowest BCUT2D eigenvalue weighted by Crippen LogP contribution is -2.22. The van der Waals surface area contributed by atoms with E-state index in [-0.39, 0.29) is 5.92 Å². The maximum atomic E-state index is 12.1. The highest BCUT2D eigenvalue weighted by atomic mass is 16.1. The average Bonchev–Trinajstić information content (AvgIpc) is 2.22. The van der Waals surface area contributed by atoms with Crippen molar-refractivity contribution in [2.75, 3.05) is 0 Å². The van der Waals surface area contributed by atoms with E-state index < -0.39 is 0 Å². The van der Waals surface area contributed by atoms with Crippen LogP contribution in [0.2, 0.25) is 0 Å². The van der Waals surface area contributed by atoms with Gasteiger partial charge in [0.05, 0.1) is 0 Å². The summed E-state index contributed by atoms with van der Waals surface area (Å²) in [6.07, 6.45) is 4.66. The van der Waals surface area contributed by atoms with Crippen molar-refractivity contribution in [3.05, 3.63) is 47.5 Å². The van der Waals surface area contributed by atoms with Crippen molar-refractivity contribution in [2.24, 2.45) is 5.92 Å². The number of Topliss-reactive ketones (excluding diaryl/α,β-unsaturated/α-hetero) is 1. The lowest BCUT2D eigenvalue weighted by Gasteiger charge is -2.22. The van der Waals surface area contributed by atoms with Gasteiger partial charge in [0.1, 0.15) is 0 Å². The van der Waals surface area contributed by atoms with Gasteiger partial charge in [0, 0.05) is 11.5 Å². The summed E-state index contributed by atoms with van der Waals surface area (Å²) in [5.41, 5.74) is 3.39. The van der Waals surface area contributed by atoms with Crippen LogP contribution in [0.1, 0.15) is 34.3 Å². The van der Waals surface area contributed by atoms with Gasteiger partial charge in [0.15, 0.2) is 5.78 Å². The summed E-state index contributed by atoms with van der Waals surface area (Å²) < 4.78 is 0. The quantitative estimate of drug-likeness (QED) is 0.669. The topological polar surface area (TPSA) is 17.1 Å². The molecular weight excluding hydrogens is 184 g/mol. The molecule has 0 saturated heterocycles. The average molecular weight is 200 g/mol. The van der Waals surface area contributed by atoms with Crippen LogP contribution in [0.3, 0.4) is 0 Å². The SMILES string of the molecule is C=CCC1CCc2cc(C)ccc2C1=O. The molecule has 1 nitrogen and oxygen atoms in total. The van der Waals surface area contributed by atoms with Crippen molar-refractivity contribution in [2.45, 2.75) is 26.2 Å². The summed E-state index contributed by atoms with van der Waals surface area (Å²) in [6.45, 7) is 5.78. The first-order valence-electron chi connectivity index (χ1n) is 5.47. The van der Waals surface area contributed by atoms with Crippen molar-refractivity contribution in [3.63, 3.8) is 0 Å². The Kier molecular flexibility index (Phi) is 2.72. The lowest BCUT2D eigenvalue weighted by molar-refractivity contribution is 0.0903. The van der Waals surface area contributed by atoms with Crippen molar-refractivity contribution >= 4 is 5.78 Å². The van der Waals surface area contributed by atoms with Crippen molar-refractivity contribution < 1.29 is 4.79 Å². The molecule has 0 N–H and O–H groups in total. The molecule has 2 rings (SSSR count). The van der Waals surface area contributed by atoms with Crippen LogP contribution in [0.15, 0.2) is 30.9 Å². The van der Waals surface area contributed by atoms with E-state index in [2.05, 4.69) is 19.6 Å². The number of hydrogen-bond acceptors (Lipinski definition) is 1. The van der Waals surface area contributed by atoms with Crippen LogP contribution >= 0.6 is 0 Å². The molecule has 1 aliphatic rings. The molecule has 0 radical (unpaired) electrons.